The molecule has 1 fully saturated rings. The van der Waals surface area contributed by atoms with Gasteiger partial charge >= 0.3 is 0 Å². The minimum Gasteiger partial charge on any atom is -0.493 e. The van der Waals surface area contributed by atoms with Gasteiger partial charge in [0.25, 0.3) is 0 Å². The van der Waals surface area contributed by atoms with Gasteiger partial charge in [0.2, 0.25) is 0 Å². The van der Waals surface area contributed by atoms with Crippen molar-refractivity contribution in [3.8, 4) is 5.75 Å². The van der Waals surface area contributed by atoms with Gasteiger partial charge in [-0.05, 0) is 48.9 Å². The monoisotopic (exact) mass is 244 g/mol. The first kappa shape index (κ1) is 11.8. The number of ketones is 1. The van der Waals surface area contributed by atoms with Gasteiger partial charge in [0.05, 0.1) is 6.61 Å². The largest absolute Gasteiger partial charge is 0.493 e. The number of carbonyl (C=O) groups excluding carboxylic acids is 1. The zero-order valence-electron chi connectivity index (χ0n) is 10.8. The van der Waals surface area contributed by atoms with Crippen LogP contribution in [0.15, 0.2) is 18.2 Å². The molecule has 3 rings (SSSR count). The highest BCUT2D eigenvalue weighted by Crippen LogP contribution is 2.28. The maximum atomic E-state index is 11.5. The molecule has 0 aromatic heterocycles. The van der Waals surface area contributed by atoms with E-state index in [1.807, 2.05) is 12.1 Å². The maximum Gasteiger partial charge on any atom is 0.163 e. The van der Waals surface area contributed by atoms with Gasteiger partial charge in [-0.15, -0.1) is 0 Å². The van der Waals surface area contributed by atoms with Gasteiger partial charge in [-0.1, -0.05) is 19.3 Å². The summed E-state index contributed by atoms with van der Waals surface area (Å²) in [5, 5.41) is 0. The molecule has 1 aromatic rings. The molecule has 1 aromatic carbocycles. The van der Waals surface area contributed by atoms with Gasteiger partial charge in [-0.25, -0.2) is 0 Å². The molecule has 0 N–H and O–H groups in total. The van der Waals surface area contributed by atoms with E-state index in [4.69, 9.17) is 4.74 Å². The van der Waals surface area contributed by atoms with Crippen LogP contribution in [0.5, 0.6) is 5.75 Å². The van der Waals surface area contributed by atoms with Crippen molar-refractivity contribution in [1.29, 1.82) is 0 Å². The Morgan fingerprint density at radius 2 is 1.94 bits per heavy atom. The molecular weight excluding hydrogens is 224 g/mol. The first-order valence-corrected chi connectivity index (χ1v) is 7.12. The summed E-state index contributed by atoms with van der Waals surface area (Å²) in [6, 6.07) is 5.94. The van der Waals surface area contributed by atoms with E-state index in [9.17, 15) is 4.79 Å². The molecule has 2 nitrogen and oxygen atoms in total. The van der Waals surface area contributed by atoms with E-state index in [0.717, 1.165) is 30.3 Å². The third-order valence-electron chi connectivity index (χ3n) is 4.21. The topological polar surface area (TPSA) is 26.3 Å². The van der Waals surface area contributed by atoms with Crippen molar-refractivity contribution in [2.75, 3.05) is 6.61 Å². The Morgan fingerprint density at radius 1 is 1.11 bits per heavy atom. The molecular formula is C16H20O2. The molecule has 0 radical (unpaired) electrons. The average molecular weight is 244 g/mol. The van der Waals surface area contributed by atoms with E-state index in [0.29, 0.717) is 6.42 Å². The number of hydrogen-bond acceptors (Lipinski definition) is 2. The van der Waals surface area contributed by atoms with Crippen molar-refractivity contribution in [2.45, 2.75) is 44.9 Å². The van der Waals surface area contributed by atoms with E-state index in [-0.39, 0.29) is 5.78 Å². The Morgan fingerprint density at radius 3 is 2.78 bits per heavy atom. The summed E-state index contributed by atoms with van der Waals surface area (Å²) in [5.74, 6) is 1.95. The second-order valence-corrected chi connectivity index (χ2v) is 5.56. The molecule has 0 aliphatic heterocycles. The fraction of sp³-hybridized carbons (Fsp3) is 0.562. The summed E-state index contributed by atoms with van der Waals surface area (Å²) in [7, 11) is 0. The van der Waals surface area contributed by atoms with Crippen LogP contribution in [0.4, 0.5) is 0 Å². The number of aryl methyl sites for hydroxylation is 1. The van der Waals surface area contributed by atoms with Crippen LogP contribution in [-0.4, -0.2) is 12.4 Å². The minimum absolute atomic E-state index is 0.281. The van der Waals surface area contributed by atoms with Gasteiger partial charge in [-0.2, -0.15) is 0 Å². The standard InChI is InChI=1S/C16H20O2/c17-16-9-6-13-10-14(7-8-15(13)16)18-11-12-4-2-1-3-5-12/h7-8,10,12H,1-6,9,11H2. The van der Waals surface area contributed by atoms with Gasteiger partial charge in [0.1, 0.15) is 5.75 Å². The lowest BCUT2D eigenvalue weighted by atomic mass is 9.90. The Hall–Kier alpha value is -1.31. The molecule has 18 heavy (non-hydrogen) atoms. The fourth-order valence-corrected chi connectivity index (χ4v) is 3.09. The van der Waals surface area contributed by atoms with Crippen LogP contribution >= 0.6 is 0 Å². The molecule has 0 atom stereocenters. The molecule has 2 heteroatoms. The third-order valence-corrected chi connectivity index (χ3v) is 4.21. The van der Waals surface area contributed by atoms with Crippen LogP contribution in [0.3, 0.4) is 0 Å². The SMILES string of the molecule is O=C1CCc2cc(OCC3CCCCC3)ccc21. The van der Waals surface area contributed by atoms with Crippen molar-refractivity contribution >= 4 is 5.78 Å². The zero-order valence-corrected chi connectivity index (χ0v) is 10.8. The number of ether oxygens (including phenoxy) is 1. The molecule has 0 heterocycles. The molecule has 2 aliphatic carbocycles. The summed E-state index contributed by atoms with van der Waals surface area (Å²) in [4.78, 5) is 11.5. The first-order chi connectivity index (χ1) is 8.83. The van der Waals surface area contributed by atoms with Crippen molar-refractivity contribution < 1.29 is 9.53 Å². The number of Topliss-reactive ketones (excluding diaryl/α,β-unsaturated/α-hetero) is 1. The van der Waals surface area contributed by atoms with Crippen LogP contribution in [0, 0.1) is 5.92 Å². The quantitative estimate of drug-likeness (QED) is 0.809. The first-order valence-electron chi connectivity index (χ1n) is 7.12. The van der Waals surface area contributed by atoms with Gasteiger partial charge in [0.15, 0.2) is 5.78 Å². The van der Waals surface area contributed by atoms with E-state index in [1.165, 1.54) is 37.7 Å². The highest BCUT2D eigenvalue weighted by molar-refractivity contribution is 6.00. The molecule has 2 aliphatic rings. The maximum absolute atomic E-state index is 11.5. The molecule has 0 amide bonds. The van der Waals surface area contributed by atoms with Crippen LogP contribution in [0.2, 0.25) is 0 Å². The normalized spacial score (nSPS) is 19.9. The Balaban J connectivity index is 1.61. The van der Waals surface area contributed by atoms with Gasteiger partial charge < -0.3 is 4.74 Å². The predicted molar refractivity (Wildman–Crippen MR) is 71.2 cm³/mol. The van der Waals surface area contributed by atoms with Crippen LogP contribution in [0.25, 0.3) is 0 Å². The lowest BCUT2D eigenvalue weighted by Gasteiger charge is -2.21. The van der Waals surface area contributed by atoms with Gasteiger partial charge in [0, 0.05) is 12.0 Å². The number of fused-ring (bicyclic) bond motifs is 1. The number of carbonyl (C=O) groups is 1. The highest BCUT2D eigenvalue weighted by Gasteiger charge is 2.20. The molecule has 1 saturated carbocycles. The number of rotatable bonds is 3. The van der Waals surface area contributed by atoms with E-state index >= 15 is 0 Å². The van der Waals surface area contributed by atoms with E-state index < -0.39 is 0 Å². The summed E-state index contributed by atoms with van der Waals surface area (Å²) < 4.78 is 5.89. The summed E-state index contributed by atoms with van der Waals surface area (Å²) in [5.41, 5.74) is 2.07. The molecule has 0 spiro atoms. The summed E-state index contributed by atoms with van der Waals surface area (Å²) in [6.07, 6.45) is 8.26. The minimum atomic E-state index is 0.281. The Labute approximate surface area is 108 Å². The third kappa shape index (κ3) is 2.43. The Bertz CT molecular complexity index is 444. The van der Waals surface area contributed by atoms with E-state index in [2.05, 4.69) is 6.07 Å². The van der Waals surface area contributed by atoms with Crippen molar-refractivity contribution in [2.24, 2.45) is 5.92 Å². The number of benzene rings is 1. The Kier molecular flexibility index (Phi) is 3.35. The van der Waals surface area contributed by atoms with Crippen LogP contribution < -0.4 is 4.74 Å². The van der Waals surface area contributed by atoms with E-state index in [1.54, 1.807) is 0 Å². The van der Waals surface area contributed by atoms with Crippen molar-refractivity contribution in [3.63, 3.8) is 0 Å². The molecule has 96 valence electrons. The van der Waals surface area contributed by atoms with Crippen molar-refractivity contribution in [1.82, 2.24) is 0 Å². The summed E-state index contributed by atoms with van der Waals surface area (Å²) in [6.45, 7) is 0.840. The van der Waals surface area contributed by atoms with Crippen LogP contribution in [0.1, 0.15) is 54.4 Å². The number of hydrogen-bond donors (Lipinski definition) is 0. The zero-order chi connectivity index (χ0) is 12.4. The lowest BCUT2D eigenvalue weighted by molar-refractivity contribution is 0.0994. The second kappa shape index (κ2) is 5.13. The van der Waals surface area contributed by atoms with Gasteiger partial charge in [-0.3, -0.25) is 4.79 Å². The molecule has 0 bridgehead atoms. The van der Waals surface area contributed by atoms with Crippen LogP contribution in [-0.2, 0) is 6.42 Å². The summed E-state index contributed by atoms with van der Waals surface area (Å²) >= 11 is 0. The molecule has 0 unspecified atom stereocenters. The predicted octanol–water partition coefficient (Wildman–Crippen LogP) is 3.77. The average Bonchev–Trinajstić information content (AvgIpc) is 2.79. The lowest BCUT2D eigenvalue weighted by Crippen LogP contribution is -2.15. The molecule has 0 saturated heterocycles. The highest BCUT2D eigenvalue weighted by atomic mass is 16.5. The smallest absolute Gasteiger partial charge is 0.163 e. The second-order valence-electron chi connectivity index (χ2n) is 5.56. The fourth-order valence-electron chi connectivity index (χ4n) is 3.09. The van der Waals surface area contributed by atoms with Crippen molar-refractivity contribution in [3.05, 3.63) is 29.3 Å².